The van der Waals surface area contributed by atoms with Gasteiger partial charge in [0.25, 0.3) is 0 Å². The van der Waals surface area contributed by atoms with Crippen molar-refractivity contribution in [2.75, 3.05) is 6.61 Å². The molecule has 0 aliphatic heterocycles. The van der Waals surface area contributed by atoms with Gasteiger partial charge in [-0.15, -0.1) is 0 Å². The molecule has 0 heterocycles. The molecule has 0 aromatic heterocycles. The van der Waals surface area contributed by atoms with Gasteiger partial charge in [0.15, 0.2) is 0 Å². The van der Waals surface area contributed by atoms with E-state index in [4.69, 9.17) is 10.5 Å². The topological polar surface area (TPSA) is 35.2 Å². The van der Waals surface area contributed by atoms with Gasteiger partial charge in [-0.3, -0.25) is 0 Å². The molecule has 2 rings (SSSR count). The van der Waals surface area contributed by atoms with Crippen LogP contribution >= 0.6 is 0 Å². The van der Waals surface area contributed by atoms with E-state index in [2.05, 4.69) is 38.1 Å². The molecule has 2 aromatic carbocycles. The van der Waals surface area contributed by atoms with Gasteiger partial charge in [0.05, 0.1) is 0 Å². The molecule has 2 aromatic rings. The number of hydrogen-bond donors (Lipinski definition) is 1. The molecule has 106 valence electrons. The molecule has 0 fully saturated rings. The minimum absolute atomic E-state index is 0.0140. The van der Waals surface area contributed by atoms with Gasteiger partial charge in [0.1, 0.15) is 12.4 Å². The number of hydrogen-bond acceptors (Lipinski definition) is 2. The first-order chi connectivity index (χ1) is 9.65. The van der Waals surface area contributed by atoms with Crippen LogP contribution in [0, 0.1) is 0 Å². The summed E-state index contributed by atoms with van der Waals surface area (Å²) in [6.45, 7) is 4.94. The fourth-order valence-corrected chi connectivity index (χ4v) is 2.12. The highest BCUT2D eigenvalue weighted by Crippen LogP contribution is 2.15. The first-order valence-corrected chi connectivity index (χ1v) is 7.17. The molecule has 0 aliphatic carbocycles. The molecule has 0 radical (unpaired) electrons. The number of nitrogens with two attached hydrogens (primary N) is 1. The van der Waals surface area contributed by atoms with E-state index in [1.807, 2.05) is 30.3 Å². The van der Waals surface area contributed by atoms with Crippen molar-refractivity contribution >= 4 is 0 Å². The van der Waals surface area contributed by atoms with Gasteiger partial charge in [-0.1, -0.05) is 56.3 Å². The van der Waals surface area contributed by atoms with Crippen molar-refractivity contribution in [1.29, 1.82) is 0 Å². The van der Waals surface area contributed by atoms with E-state index in [-0.39, 0.29) is 6.04 Å². The Labute approximate surface area is 121 Å². The van der Waals surface area contributed by atoms with Crippen molar-refractivity contribution in [3.63, 3.8) is 0 Å². The largest absolute Gasteiger partial charge is 0.492 e. The summed E-state index contributed by atoms with van der Waals surface area (Å²) >= 11 is 0. The van der Waals surface area contributed by atoms with E-state index in [0.29, 0.717) is 12.5 Å². The van der Waals surface area contributed by atoms with Gasteiger partial charge in [-0.25, -0.2) is 0 Å². The van der Waals surface area contributed by atoms with Gasteiger partial charge in [-0.2, -0.15) is 0 Å². The lowest BCUT2D eigenvalue weighted by Gasteiger charge is -2.14. The van der Waals surface area contributed by atoms with Gasteiger partial charge in [-0.05, 0) is 35.6 Å². The Kier molecular flexibility index (Phi) is 5.19. The molecule has 0 spiro atoms. The highest BCUT2D eigenvalue weighted by Gasteiger charge is 2.06. The second-order valence-corrected chi connectivity index (χ2v) is 5.48. The third-order valence-electron chi connectivity index (χ3n) is 3.35. The van der Waals surface area contributed by atoms with Crippen LogP contribution in [-0.2, 0) is 6.42 Å². The van der Waals surface area contributed by atoms with Crippen LogP contribution < -0.4 is 10.5 Å². The highest BCUT2D eigenvalue weighted by atomic mass is 16.5. The number of ether oxygens (including phenoxy) is 1. The predicted molar refractivity (Wildman–Crippen MR) is 84.1 cm³/mol. The van der Waals surface area contributed by atoms with Crippen molar-refractivity contribution < 1.29 is 4.74 Å². The zero-order valence-corrected chi connectivity index (χ0v) is 12.3. The van der Waals surface area contributed by atoms with Crippen LogP contribution in [0.25, 0.3) is 0 Å². The lowest BCUT2D eigenvalue weighted by molar-refractivity contribution is 0.287. The standard InChI is InChI=1S/C18H23NO/c1-14(2)16-10-8-15(9-11-16)12-17(19)13-20-18-6-4-3-5-7-18/h3-11,14,17H,12-13,19H2,1-2H3. The van der Waals surface area contributed by atoms with Crippen LogP contribution in [0.1, 0.15) is 30.9 Å². The summed E-state index contributed by atoms with van der Waals surface area (Å²) in [5, 5.41) is 0. The Balaban J connectivity index is 1.83. The maximum Gasteiger partial charge on any atom is 0.119 e. The first-order valence-electron chi connectivity index (χ1n) is 7.17. The lowest BCUT2D eigenvalue weighted by Crippen LogP contribution is -2.30. The van der Waals surface area contributed by atoms with E-state index in [1.54, 1.807) is 0 Å². The summed E-state index contributed by atoms with van der Waals surface area (Å²) in [6, 6.07) is 18.5. The summed E-state index contributed by atoms with van der Waals surface area (Å²) in [5.41, 5.74) is 8.75. The molecule has 2 N–H and O–H groups in total. The molecule has 2 nitrogen and oxygen atoms in total. The molecular weight excluding hydrogens is 246 g/mol. The average molecular weight is 269 g/mol. The first kappa shape index (κ1) is 14.6. The smallest absolute Gasteiger partial charge is 0.119 e. The quantitative estimate of drug-likeness (QED) is 0.866. The molecule has 0 saturated heterocycles. The Morgan fingerprint density at radius 1 is 0.950 bits per heavy atom. The molecule has 1 atom stereocenters. The zero-order chi connectivity index (χ0) is 14.4. The Morgan fingerprint density at radius 2 is 1.60 bits per heavy atom. The van der Waals surface area contributed by atoms with Gasteiger partial charge in [0.2, 0.25) is 0 Å². The SMILES string of the molecule is CC(C)c1ccc(CC(N)COc2ccccc2)cc1. The normalized spacial score (nSPS) is 12.4. The molecule has 0 saturated carbocycles. The predicted octanol–water partition coefficient (Wildman–Crippen LogP) is 3.76. The second-order valence-electron chi connectivity index (χ2n) is 5.48. The average Bonchev–Trinajstić information content (AvgIpc) is 2.47. The number of para-hydroxylation sites is 1. The minimum atomic E-state index is 0.0140. The third-order valence-corrected chi connectivity index (χ3v) is 3.35. The Bertz CT molecular complexity index is 505. The monoisotopic (exact) mass is 269 g/mol. The van der Waals surface area contributed by atoms with Gasteiger partial charge < -0.3 is 10.5 Å². The molecular formula is C18H23NO. The van der Waals surface area contributed by atoms with Gasteiger partial charge in [0, 0.05) is 6.04 Å². The fourth-order valence-electron chi connectivity index (χ4n) is 2.12. The van der Waals surface area contributed by atoms with E-state index >= 15 is 0 Å². The maximum atomic E-state index is 6.13. The fraction of sp³-hybridized carbons (Fsp3) is 0.333. The third kappa shape index (κ3) is 4.39. The van der Waals surface area contributed by atoms with Crippen molar-refractivity contribution in [3.8, 4) is 5.75 Å². The van der Waals surface area contributed by atoms with Crippen LogP contribution in [0.15, 0.2) is 54.6 Å². The van der Waals surface area contributed by atoms with Crippen LogP contribution in [0.4, 0.5) is 0 Å². The number of rotatable bonds is 6. The van der Waals surface area contributed by atoms with E-state index in [9.17, 15) is 0 Å². The summed E-state index contributed by atoms with van der Waals surface area (Å²) in [4.78, 5) is 0. The molecule has 2 heteroatoms. The Hall–Kier alpha value is -1.80. The minimum Gasteiger partial charge on any atom is -0.492 e. The van der Waals surface area contributed by atoms with Crippen molar-refractivity contribution in [1.82, 2.24) is 0 Å². The van der Waals surface area contributed by atoms with Crippen molar-refractivity contribution in [3.05, 3.63) is 65.7 Å². The van der Waals surface area contributed by atoms with Crippen molar-refractivity contribution in [2.24, 2.45) is 5.73 Å². The Morgan fingerprint density at radius 3 is 2.20 bits per heavy atom. The van der Waals surface area contributed by atoms with E-state index in [1.165, 1.54) is 11.1 Å². The van der Waals surface area contributed by atoms with E-state index < -0.39 is 0 Å². The highest BCUT2D eigenvalue weighted by molar-refractivity contribution is 5.25. The van der Waals surface area contributed by atoms with Gasteiger partial charge >= 0.3 is 0 Å². The molecule has 20 heavy (non-hydrogen) atoms. The van der Waals surface area contributed by atoms with E-state index in [0.717, 1.165) is 12.2 Å². The zero-order valence-electron chi connectivity index (χ0n) is 12.3. The summed E-state index contributed by atoms with van der Waals surface area (Å²) in [5.74, 6) is 1.44. The number of benzene rings is 2. The summed E-state index contributed by atoms with van der Waals surface area (Å²) < 4.78 is 5.68. The summed E-state index contributed by atoms with van der Waals surface area (Å²) in [7, 11) is 0. The van der Waals surface area contributed by atoms with Crippen LogP contribution in [0.3, 0.4) is 0 Å². The van der Waals surface area contributed by atoms with Crippen LogP contribution in [0.2, 0.25) is 0 Å². The molecule has 0 aliphatic rings. The molecule has 1 unspecified atom stereocenters. The maximum absolute atomic E-state index is 6.13. The lowest BCUT2D eigenvalue weighted by atomic mass is 9.99. The second kappa shape index (κ2) is 7.11. The molecule has 0 bridgehead atoms. The summed E-state index contributed by atoms with van der Waals surface area (Å²) in [6.07, 6.45) is 0.839. The molecule has 0 amide bonds. The van der Waals surface area contributed by atoms with Crippen molar-refractivity contribution in [2.45, 2.75) is 32.2 Å². The van der Waals surface area contributed by atoms with Crippen LogP contribution in [-0.4, -0.2) is 12.6 Å². The van der Waals surface area contributed by atoms with Crippen LogP contribution in [0.5, 0.6) is 5.75 Å².